The summed E-state index contributed by atoms with van der Waals surface area (Å²) in [6.45, 7) is 8.73. The first-order valence-corrected chi connectivity index (χ1v) is 10.7. The SMILES string of the molecule is CCNC(=NCc1ccc(COC)cc1)NC(C)c1cccc(N2CCCC2)c1.I. The van der Waals surface area contributed by atoms with Crippen LogP contribution in [0.1, 0.15) is 49.4 Å². The minimum absolute atomic E-state index is 0. The van der Waals surface area contributed by atoms with Crippen LogP contribution >= 0.6 is 24.0 Å². The van der Waals surface area contributed by atoms with Crippen LogP contribution in [0.25, 0.3) is 0 Å². The molecule has 5 nitrogen and oxygen atoms in total. The monoisotopic (exact) mass is 522 g/mol. The molecule has 1 heterocycles. The maximum absolute atomic E-state index is 5.17. The van der Waals surface area contributed by atoms with Crippen molar-refractivity contribution in [2.45, 2.75) is 45.9 Å². The summed E-state index contributed by atoms with van der Waals surface area (Å²) in [5.74, 6) is 0.840. The van der Waals surface area contributed by atoms with Gasteiger partial charge < -0.3 is 20.3 Å². The van der Waals surface area contributed by atoms with Gasteiger partial charge in [0, 0.05) is 32.4 Å². The Balaban J connectivity index is 0.00000320. The van der Waals surface area contributed by atoms with Gasteiger partial charge in [0.25, 0.3) is 0 Å². The molecule has 0 amide bonds. The van der Waals surface area contributed by atoms with E-state index < -0.39 is 0 Å². The minimum Gasteiger partial charge on any atom is -0.380 e. The van der Waals surface area contributed by atoms with Gasteiger partial charge in [0.05, 0.1) is 19.2 Å². The van der Waals surface area contributed by atoms with Gasteiger partial charge in [0.2, 0.25) is 0 Å². The van der Waals surface area contributed by atoms with Crippen LogP contribution < -0.4 is 15.5 Å². The molecule has 0 saturated carbocycles. The second-order valence-corrected chi connectivity index (χ2v) is 7.60. The van der Waals surface area contributed by atoms with Crippen molar-refractivity contribution < 1.29 is 4.74 Å². The lowest BCUT2D eigenvalue weighted by atomic mass is 10.1. The highest BCUT2D eigenvalue weighted by Crippen LogP contribution is 2.24. The van der Waals surface area contributed by atoms with Crippen LogP contribution in [0.2, 0.25) is 0 Å². The summed E-state index contributed by atoms with van der Waals surface area (Å²) in [5.41, 5.74) is 4.97. The van der Waals surface area contributed by atoms with Gasteiger partial charge in [-0.15, -0.1) is 24.0 Å². The van der Waals surface area contributed by atoms with E-state index in [2.05, 4.69) is 77.9 Å². The Morgan fingerprint density at radius 3 is 2.47 bits per heavy atom. The van der Waals surface area contributed by atoms with Crippen molar-refractivity contribution in [2.24, 2.45) is 4.99 Å². The van der Waals surface area contributed by atoms with Crippen LogP contribution in [-0.2, 0) is 17.9 Å². The van der Waals surface area contributed by atoms with Gasteiger partial charge in [-0.2, -0.15) is 0 Å². The van der Waals surface area contributed by atoms with Crippen LogP contribution in [0.5, 0.6) is 0 Å². The summed E-state index contributed by atoms with van der Waals surface area (Å²) in [4.78, 5) is 7.25. The first-order chi connectivity index (χ1) is 14.2. The molecular formula is C24H35IN4O. The number of anilines is 1. The van der Waals surface area contributed by atoms with Crippen molar-refractivity contribution in [3.63, 3.8) is 0 Å². The van der Waals surface area contributed by atoms with Crippen LogP contribution in [0.15, 0.2) is 53.5 Å². The number of hydrogen-bond donors (Lipinski definition) is 2. The predicted octanol–water partition coefficient (Wildman–Crippen LogP) is 4.87. The Morgan fingerprint density at radius 1 is 1.10 bits per heavy atom. The van der Waals surface area contributed by atoms with Gasteiger partial charge in [0.1, 0.15) is 0 Å². The van der Waals surface area contributed by atoms with Crippen LogP contribution in [0, 0.1) is 0 Å². The van der Waals surface area contributed by atoms with E-state index in [1.54, 1.807) is 7.11 Å². The number of guanidine groups is 1. The second-order valence-electron chi connectivity index (χ2n) is 7.60. The van der Waals surface area contributed by atoms with E-state index in [1.165, 1.54) is 48.3 Å². The summed E-state index contributed by atoms with van der Waals surface area (Å²) >= 11 is 0. The number of rotatable bonds is 8. The number of methoxy groups -OCH3 is 1. The molecule has 0 aliphatic carbocycles. The van der Waals surface area contributed by atoms with Gasteiger partial charge >= 0.3 is 0 Å². The highest BCUT2D eigenvalue weighted by Gasteiger charge is 2.14. The molecule has 1 saturated heterocycles. The topological polar surface area (TPSA) is 48.9 Å². The zero-order valence-electron chi connectivity index (χ0n) is 18.4. The molecule has 2 aromatic rings. The molecule has 0 aromatic heterocycles. The lowest BCUT2D eigenvalue weighted by molar-refractivity contribution is 0.185. The smallest absolute Gasteiger partial charge is 0.192 e. The fourth-order valence-corrected chi connectivity index (χ4v) is 3.65. The fourth-order valence-electron chi connectivity index (χ4n) is 3.65. The lowest BCUT2D eigenvalue weighted by Gasteiger charge is -2.22. The van der Waals surface area contributed by atoms with Crippen molar-refractivity contribution in [1.29, 1.82) is 0 Å². The van der Waals surface area contributed by atoms with E-state index in [0.29, 0.717) is 13.2 Å². The summed E-state index contributed by atoms with van der Waals surface area (Å²) in [6, 6.07) is 17.5. The first-order valence-electron chi connectivity index (χ1n) is 10.7. The summed E-state index contributed by atoms with van der Waals surface area (Å²) in [5, 5.41) is 6.92. The Labute approximate surface area is 198 Å². The van der Waals surface area contributed by atoms with Gasteiger partial charge in [-0.3, -0.25) is 0 Å². The highest BCUT2D eigenvalue weighted by atomic mass is 127. The molecule has 1 aliphatic heterocycles. The third-order valence-corrected chi connectivity index (χ3v) is 5.29. The molecule has 0 bridgehead atoms. The number of halogens is 1. The average molecular weight is 522 g/mol. The quantitative estimate of drug-likeness (QED) is 0.295. The molecular weight excluding hydrogens is 487 g/mol. The minimum atomic E-state index is 0. The molecule has 6 heteroatoms. The van der Waals surface area contributed by atoms with E-state index in [4.69, 9.17) is 9.73 Å². The third-order valence-electron chi connectivity index (χ3n) is 5.29. The van der Waals surface area contributed by atoms with E-state index in [-0.39, 0.29) is 30.0 Å². The summed E-state index contributed by atoms with van der Waals surface area (Å²) in [6.07, 6.45) is 2.59. The predicted molar refractivity (Wildman–Crippen MR) is 137 cm³/mol. The zero-order valence-corrected chi connectivity index (χ0v) is 20.7. The number of nitrogens with one attached hydrogen (secondary N) is 2. The second kappa shape index (κ2) is 12.8. The largest absolute Gasteiger partial charge is 0.380 e. The third kappa shape index (κ3) is 7.16. The molecule has 30 heavy (non-hydrogen) atoms. The Hall–Kier alpha value is -1.80. The van der Waals surface area contributed by atoms with E-state index in [9.17, 15) is 0 Å². The Bertz CT molecular complexity index is 788. The molecule has 1 fully saturated rings. The number of benzene rings is 2. The van der Waals surface area contributed by atoms with Crippen molar-refractivity contribution in [3.05, 3.63) is 65.2 Å². The Kier molecular flexibility index (Phi) is 10.4. The van der Waals surface area contributed by atoms with Crippen LogP contribution in [0.4, 0.5) is 5.69 Å². The number of hydrogen-bond acceptors (Lipinski definition) is 3. The fraction of sp³-hybridized carbons (Fsp3) is 0.458. The van der Waals surface area contributed by atoms with Crippen LogP contribution in [-0.4, -0.2) is 32.7 Å². The van der Waals surface area contributed by atoms with Crippen molar-refractivity contribution in [2.75, 3.05) is 31.6 Å². The molecule has 164 valence electrons. The maximum atomic E-state index is 5.17. The molecule has 0 spiro atoms. The summed E-state index contributed by atoms with van der Waals surface area (Å²) < 4.78 is 5.17. The molecule has 1 unspecified atom stereocenters. The van der Waals surface area contributed by atoms with Crippen molar-refractivity contribution in [3.8, 4) is 0 Å². The van der Waals surface area contributed by atoms with Crippen LogP contribution in [0.3, 0.4) is 0 Å². The zero-order chi connectivity index (χ0) is 20.5. The maximum Gasteiger partial charge on any atom is 0.192 e. The van der Waals surface area contributed by atoms with Gasteiger partial charge in [-0.05, 0) is 55.5 Å². The van der Waals surface area contributed by atoms with Gasteiger partial charge in [-0.1, -0.05) is 36.4 Å². The van der Waals surface area contributed by atoms with Gasteiger partial charge in [0.15, 0.2) is 5.96 Å². The van der Waals surface area contributed by atoms with E-state index in [0.717, 1.165) is 12.5 Å². The van der Waals surface area contributed by atoms with Crippen molar-refractivity contribution in [1.82, 2.24) is 10.6 Å². The molecule has 1 atom stereocenters. The van der Waals surface area contributed by atoms with Crippen molar-refractivity contribution >= 4 is 35.6 Å². The molecule has 2 N–H and O–H groups in total. The molecule has 2 aromatic carbocycles. The summed E-state index contributed by atoms with van der Waals surface area (Å²) in [7, 11) is 1.72. The first kappa shape index (κ1) is 24.5. The number of nitrogens with zero attached hydrogens (tertiary/aromatic N) is 2. The van der Waals surface area contributed by atoms with E-state index >= 15 is 0 Å². The normalized spacial score (nSPS) is 14.9. The standard InChI is InChI=1S/C24H34N4O.HI/c1-4-25-24(26-17-20-10-12-21(13-11-20)18-29-3)27-19(2)22-8-7-9-23(16-22)28-14-5-6-15-28;/h7-13,16,19H,4-6,14-15,17-18H2,1-3H3,(H2,25,26,27);1H. The average Bonchev–Trinajstić information content (AvgIpc) is 3.28. The molecule has 0 radical (unpaired) electrons. The van der Waals surface area contributed by atoms with E-state index in [1.807, 2.05) is 0 Å². The number of aliphatic imine (C=N–C) groups is 1. The molecule has 3 rings (SSSR count). The Morgan fingerprint density at radius 2 is 1.80 bits per heavy atom. The number of ether oxygens (including phenoxy) is 1. The highest BCUT2D eigenvalue weighted by molar-refractivity contribution is 14.0. The molecule has 1 aliphatic rings. The lowest BCUT2D eigenvalue weighted by Crippen LogP contribution is -2.38. The van der Waals surface area contributed by atoms with Gasteiger partial charge in [-0.25, -0.2) is 4.99 Å².